The van der Waals surface area contributed by atoms with Gasteiger partial charge in [0.1, 0.15) is 5.75 Å². The van der Waals surface area contributed by atoms with Crippen molar-refractivity contribution in [2.45, 2.75) is 19.9 Å². The zero-order valence-electron chi connectivity index (χ0n) is 14.8. The third kappa shape index (κ3) is 6.76. The van der Waals surface area contributed by atoms with Gasteiger partial charge in [0.2, 0.25) is 11.8 Å². The molecule has 6 heteroatoms. The smallest absolute Gasteiger partial charge is 0.223 e. The fraction of sp³-hybridized carbons (Fsp3) is 0.300. The maximum Gasteiger partial charge on any atom is 0.223 e. The standard InChI is InChI=1S/C20H23ClN2O3/c1-16(24)23(15-17-7-5-6-10-19(17)21)13-12-22-20(25)11-14-26-18-8-3-2-4-9-18/h2-10H,11-15H2,1H3,(H,22,25). The molecule has 0 spiro atoms. The van der Waals surface area contributed by atoms with Gasteiger partial charge in [-0.1, -0.05) is 48.0 Å². The minimum Gasteiger partial charge on any atom is -0.493 e. The Hall–Kier alpha value is -2.53. The Kier molecular flexibility index (Phi) is 7.96. The van der Waals surface area contributed by atoms with Crippen molar-refractivity contribution in [1.82, 2.24) is 10.2 Å². The SMILES string of the molecule is CC(=O)N(CCNC(=O)CCOc1ccccc1)Cc1ccccc1Cl. The molecule has 0 aliphatic carbocycles. The fourth-order valence-corrected chi connectivity index (χ4v) is 2.57. The highest BCUT2D eigenvalue weighted by Gasteiger charge is 2.11. The lowest BCUT2D eigenvalue weighted by Gasteiger charge is -2.22. The molecule has 0 radical (unpaired) electrons. The van der Waals surface area contributed by atoms with Crippen LogP contribution in [-0.2, 0) is 16.1 Å². The van der Waals surface area contributed by atoms with Gasteiger partial charge in [-0.15, -0.1) is 0 Å². The first-order valence-electron chi connectivity index (χ1n) is 8.49. The van der Waals surface area contributed by atoms with Crippen LogP contribution in [0.15, 0.2) is 54.6 Å². The van der Waals surface area contributed by atoms with Gasteiger partial charge in [0, 0.05) is 31.6 Å². The van der Waals surface area contributed by atoms with Gasteiger partial charge in [-0.05, 0) is 23.8 Å². The minimum absolute atomic E-state index is 0.0634. The maximum atomic E-state index is 11.9. The normalized spacial score (nSPS) is 10.2. The summed E-state index contributed by atoms with van der Waals surface area (Å²) in [6, 6.07) is 16.8. The summed E-state index contributed by atoms with van der Waals surface area (Å²) < 4.78 is 5.49. The average molecular weight is 375 g/mol. The number of carbonyl (C=O) groups is 2. The van der Waals surface area contributed by atoms with Crippen molar-refractivity contribution >= 4 is 23.4 Å². The quantitative estimate of drug-likeness (QED) is 0.732. The van der Waals surface area contributed by atoms with Crippen LogP contribution in [0.5, 0.6) is 5.75 Å². The number of nitrogens with zero attached hydrogens (tertiary/aromatic N) is 1. The maximum absolute atomic E-state index is 11.9. The summed E-state index contributed by atoms with van der Waals surface area (Å²) in [5, 5.41) is 3.43. The lowest BCUT2D eigenvalue weighted by atomic mass is 10.2. The highest BCUT2D eigenvalue weighted by atomic mass is 35.5. The number of amides is 2. The summed E-state index contributed by atoms with van der Waals surface area (Å²) in [6.07, 6.45) is 0.263. The van der Waals surface area contributed by atoms with E-state index in [1.807, 2.05) is 48.5 Å². The second kappa shape index (κ2) is 10.5. The molecule has 2 aromatic carbocycles. The second-order valence-corrected chi connectivity index (χ2v) is 6.20. The van der Waals surface area contributed by atoms with Crippen LogP contribution in [0.3, 0.4) is 0 Å². The van der Waals surface area contributed by atoms with Crippen molar-refractivity contribution in [3.05, 3.63) is 65.2 Å². The number of ether oxygens (including phenoxy) is 1. The lowest BCUT2D eigenvalue weighted by Crippen LogP contribution is -2.37. The van der Waals surface area contributed by atoms with E-state index in [0.29, 0.717) is 31.3 Å². The molecule has 0 aliphatic rings. The molecule has 2 amide bonds. The van der Waals surface area contributed by atoms with Gasteiger partial charge in [0.25, 0.3) is 0 Å². The number of benzene rings is 2. The van der Waals surface area contributed by atoms with Gasteiger partial charge in [-0.3, -0.25) is 9.59 Å². The van der Waals surface area contributed by atoms with Gasteiger partial charge < -0.3 is 15.0 Å². The van der Waals surface area contributed by atoms with E-state index >= 15 is 0 Å². The van der Waals surface area contributed by atoms with Crippen molar-refractivity contribution < 1.29 is 14.3 Å². The van der Waals surface area contributed by atoms with E-state index < -0.39 is 0 Å². The Bertz CT molecular complexity index is 722. The first kappa shape index (κ1) is 19.8. The van der Waals surface area contributed by atoms with E-state index in [1.54, 1.807) is 11.0 Å². The van der Waals surface area contributed by atoms with Crippen LogP contribution >= 0.6 is 11.6 Å². The number of hydrogen-bond donors (Lipinski definition) is 1. The molecule has 0 saturated heterocycles. The van der Waals surface area contributed by atoms with E-state index in [-0.39, 0.29) is 18.2 Å². The first-order valence-corrected chi connectivity index (χ1v) is 8.87. The van der Waals surface area contributed by atoms with Crippen LogP contribution in [0.2, 0.25) is 5.02 Å². The first-order chi connectivity index (χ1) is 12.6. The van der Waals surface area contributed by atoms with Crippen molar-refractivity contribution in [1.29, 1.82) is 0 Å². The molecule has 0 bridgehead atoms. The molecule has 0 atom stereocenters. The largest absolute Gasteiger partial charge is 0.493 e. The molecule has 0 fully saturated rings. The molecule has 0 unspecified atom stereocenters. The molecule has 0 aromatic heterocycles. The van der Waals surface area contributed by atoms with Crippen molar-refractivity contribution in [3.63, 3.8) is 0 Å². The number of carbonyl (C=O) groups excluding carboxylic acids is 2. The molecule has 0 aliphatic heterocycles. The third-order valence-corrected chi connectivity index (χ3v) is 4.18. The summed E-state index contributed by atoms with van der Waals surface area (Å²) in [7, 11) is 0. The zero-order chi connectivity index (χ0) is 18.8. The molecular weight excluding hydrogens is 352 g/mol. The Balaban J connectivity index is 1.71. The number of rotatable bonds is 9. The third-order valence-electron chi connectivity index (χ3n) is 3.81. The van der Waals surface area contributed by atoms with E-state index in [0.717, 1.165) is 11.3 Å². The molecule has 2 rings (SSSR count). The van der Waals surface area contributed by atoms with Crippen LogP contribution in [0.25, 0.3) is 0 Å². The topological polar surface area (TPSA) is 58.6 Å². The molecule has 2 aromatic rings. The van der Waals surface area contributed by atoms with Crippen LogP contribution in [0, 0.1) is 0 Å². The molecule has 5 nitrogen and oxygen atoms in total. The highest BCUT2D eigenvalue weighted by molar-refractivity contribution is 6.31. The molecule has 1 N–H and O–H groups in total. The van der Waals surface area contributed by atoms with Crippen LogP contribution in [0.1, 0.15) is 18.9 Å². The van der Waals surface area contributed by atoms with Gasteiger partial charge in [-0.2, -0.15) is 0 Å². The van der Waals surface area contributed by atoms with Gasteiger partial charge in [0.15, 0.2) is 0 Å². The molecule has 138 valence electrons. The van der Waals surface area contributed by atoms with Crippen LogP contribution in [0.4, 0.5) is 0 Å². The summed E-state index contributed by atoms with van der Waals surface area (Å²) in [5.41, 5.74) is 0.881. The predicted molar refractivity (Wildman–Crippen MR) is 102 cm³/mol. The number of halogens is 1. The zero-order valence-corrected chi connectivity index (χ0v) is 15.5. The van der Waals surface area contributed by atoms with E-state index in [2.05, 4.69) is 5.32 Å². The van der Waals surface area contributed by atoms with Crippen LogP contribution in [-0.4, -0.2) is 36.4 Å². The summed E-state index contributed by atoms with van der Waals surface area (Å²) in [6.45, 7) is 3.04. The number of nitrogens with one attached hydrogen (secondary N) is 1. The minimum atomic E-state index is -0.109. The van der Waals surface area contributed by atoms with E-state index in [9.17, 15) is 9.59 Å². The Morgan fingerprint density at radius 1 is 1.08 bits per heavy atom. The van der Waals surface area contributed by atoms with Gasteiger partial charge in [0.05, 0.1) is 13.0 Å². The van der Waals surface area contributed by atoms with Crippen molar-refractivity contribution in [3.8, 4) is 5.75 Å². The summed E-state index contributed by atoms with van der Waals surface area (Å²) in [4.78, 5) is 25.4. The average Bonchev–Trinajstić information content (AvgIpc) is 2.63. The number of para-hydroxylation sites is 1. The second-order valence-electron chi connectivity index (χ2n) is 5.79. The molecule has 0 heterocycles. The number of hydrogen-bond acceptors (Lipinski definition) is 3. The lowest BCUT2D eigenvalue weighted by molar-refractivity contribution is -0.130. The predicted octanol–water partition coefficient (Wildman–Crippen LogP) is 3.27. The molecular formula is C20H23ClN2O3. The highest BCUT2D eigenvalue weighted by Crippen LogP contribution is 2.17. The Morgan fingerprint density at radius 2 is 1.77 bits per heavy atom. The summed E-state index contributed by atoms with van der Waals surface area (Å²) >= 11 is 6.14. The Morgan fingerprint density at radius 3 is 2.46 bits per heavy atom. The molecule has 26 heavy (non-hydrogen) atoms. The fourth-order valence-electron chi connectivity index (χ4n) is 2.38. The molecule has 0 saturated carbocycles. The van der Waals surface area contributed by atoms with Gasteiger partial charge in [-0.25, -0.2) is 0 Å². The summed E-state index contributed by atoms with van der Waals surface area (Å²) in [5.74, 6) is 0.566. The van der Waals surface area contributed by atoms with E-state index in [4.69, 9.17) is 16.3 Å². The van der Waals surface area contributed by atoms with Gasteiger partial charge >= 0.3 is 0 Å². The van der Waals surface area contributed by atoms with Crippen LogP contribution < -0.4 is 10.1 Å². The van der Waals surface area contributed by atoms with Crippen molar-refractivity contribution in [2.75, 3.05) is 19.7 Å². The van der Waals surface area contributed by atoms with Crippen molar-refractivity contribution in [2.24, 2.45) is 0 Å². The van der Waals surface area contributed by atoms with E-state index in [1.165, 1.54) is 6.92 Å². The monoisotopic (exact) mass is 374 g/mol. The Labute approximate surface area is 158 Å².